The lowest BCUT2D eigenvalue weighted by atomic mass is 10.1. The summed E-state index contributed by atoms with van der Waals surface area (Å²) in [6.07, 6.45) is 0.960. The molecule has 4 nitrogen and oxygen atoms in total. The maximum atomic E-state index is 9.44. The molecule has 1 unspecified atom stereocenters. The first-order valence-corrected chi connectivity index (χ1v) is 5.76. The number of nitrogens with zero attached hydrogens (tertiary/aromatic N) is 1. The Hall–Kier alpha value is -1.26. The van der Waals surface area contributed by atoms with Crippen LogP contribution in [0.2, 0.25) is 0 Å². The van der Waals surface area contributed by atoms with E-state index < -0.39 is 0 Å². The fourth-order valence-corrected chi connectivity index (χ4v) is 1.77. The summed E-state index contributed by atoms with van der Waals surface area (Å²) in [4.78, 5) is 2.16. The normalized spacial score (nSPS) is 12.9. The van der Waals surface area contributed by atoms with Crippen LogP contribution in [-0.4, -0.2) is 42.4 Å². The molecule has 2 N–H and O–H groups in total. The van der Waals surface area contributed by atoms with Gasteiger partial charge >= 0.3 is 0 Å². The van der Waals surface area contributed by atoms with Crippen molar-refractivity contribution in [2.24, 2.45) is 0 Å². The molecule has 0 fully saturated rings. The second-order valence-electron chi connectivity index (χ2n) is 4.29. The fraction of sp³-hybridized carbons (Fsp3) is 0.538. The van der Waals surface area contributed by atoms with Crippen molar-refractivity contribution in [3.05, 3.63) is 23.8 Å². The monoisotopic (exact) mass is 239 g/mol. The fourth-order valence-electron chi connectivity index (χ4n) is 1.77. The summed E-state index contributed by atoms with van der Waals surface area (Å²) >= 11 is 0. The summed E-state index contributed by atoms with van der Waals surface area (Å²) in [5, 5.41) is 18.9. The quantitative estimate of drug-likeness (QED) is 0.747. The molecule has 0 saturated carbocycles. The van der Waals surface area contributed by atoms with Crippen LogP contribution < -0.4 is 0 Å². The molecule has 0 aliphatic heterocycles. The average molecular weight is 239 g/mol. The third kappa shape index (κ3) is 4.24. The molecule has 1 atom stereocenters. The first-order chi connectivity index (χ1) is 8.04. The van der Waals surface area contributed by atoms with Gasteiger partial charge < -0.3 is 14.9 Å². The zero-order chi connectivity index (χ0) is 12.8. The van der Waals surface area contributed by atoms with Crippen molar-refractivity contribution in [2.75, 3.05) is 27.3 Å². The van der Waals surface area contributed by atoms with Crippen LogP contribution in [-0.2, 0) is 4.74 Å². The lowest BCUT2D eigenvalue weighted by Crippen LogP contribution is -2.24. The minimum absolute atomic E-state index is 0.0946. The minimum Gasteiger partial charge on any atom is -0.508 e. The first kappa shape index (κ1) is 13.8. The standard InChI is InChI=1S/C13H21NO3/c1-10(14(2)5-4-6-17-3)11-7-12(15)9-13(16)8-11/h7-10,15-16H,4-6H2,1-3H3. The zero-order valence-electron chi connectivity index (χ0n) is 10.7. The molecule has 4 heteroatoms. The highest BCUT2D eigenvalue weighted by molar-refractivity contribution is 5.37. The number of methoxy groups -OCH3 is 1. The molecule has 17 heavy (non-hydrogen) atoms. The summed E-state index contributed by atoms with van der Waals surface area (Å²) in [5.41, 5.74) is 0.905. The summed E-state index contributed by atoms with van der Waals surface area (Å²) in [6, 6.07) is 4.83. The molecule has 0 bridgehead atoms. The van der Waals surface area contributed by atoms with Gasteiger partial charge in [0.25, 0.3) is 0 Å². The predicted octanol–water partition coefficient (Wildman–Crippen LogP) is 2.13. The molecule has 0 aliphatic rings. The molecule has 0 aliphatic carbocycles. The zero-order valence-corrected chi connectivity index (χ0v) is 10.7. The van der Waals surface area contributed by atoms with E-state index in [0.717, 1.165) is 25.1 Å². The Morgan fingerprint density at radius 3 is 2.35 bits per heavy atom. The summed E-state index contributed by atoms with van der Waals surface area (Å²) < 4.78 is 5.01. The van der Waals surface area contributed by atoms with Crippen molar-refractivity contribution in [3.63, 3.8) is 0 Å². The summed E-state index contributed by atoms with van der Waals surface area (Å²) in [7, 11) is 3.71. The second kappa shape index (κ2) is 6.47. The number of phenolic OH excluding ortho intramolecular Hbond substituents is 2. The van der Waals surface area contributed by atoms with Gasteiger partial charge in [0.05, 0.1) is 0 Å². The molecule has 0 radical (unpaired) electrons. The van der Waals surface area contributed by atoms with E-state index >= 15 is 0 Å². The van der Waals surface area contributed by atoms with Crippen molar-refractivity contribution < 1.29 is 14.9 Å². The largest absolute Gasteiger partial charge is 0.508 e. The maximum Gasteiger partial charge on any atom is 0.119 e. The smallest absolute Gasteiger partial charge is 0.119 e. The molecular formula is C13H21NO3. The van der Waals surface area contributed by atoms with Gasteiger partial charge in [-0.05, 0) is 38.1 Å². The third-order valence-corrected chi connectivity index (χ3v) is 2.93. The van der Waals surface area contributed by atoms with Crippen molar-refractivity contribution in [1.29, 1.82) is 0 Å². The molecule has 1 aromatic carbocycles. The average Bonchev–Trinajstić information content (AvgIpc) is 2.27. The van der Waals surface area contributed by atoms with E-state index in [1.165, 1.54) is 6.07 Å². The number of aromatic hydroxyl groups is 2. The topological polar surface area (TPSA) is 52.9 Å². The number of rotatable bonds is 6. The van der Waals surface area contributed by atoms with Gasteiger partial charge in [0, 0.05) is 32.4 Å². The van der Waals surface area contributed by atoms with Gasteiger partial charge in [0.2, 0.25) is 0 Å². The number of phenols is 2. The Bertz CT molecular complexity index is 334. The number of ether oxygens (including phenoxy) is 1. The Kier molecular flexibility index (Phi) is 5.25. The van der Waals surface area contributed by atoms with Gasteiger partial charge in [0.15, 0.2) is 0 Å². The summed E-state index contributed by atoms with van der Waals surface area (Å²) in [6.45, 7) is 3.69. The van der Waals surface area contributed by atoms with E-state index in [4.69, 9.17) is 4.74 Å². The molecule has 1 aromatic rings. The molecule has 0 aromatic heterocycles. The molecule has 0 amide bonds. The predicted molar refractivity (Wildman–Crippen MR) is 67.3 cm³/mol. The Labute approximate surface area is 102 Å². The summed E-state index contributed by atoms with van der Waals surface area (Å²) in [5.74, 6) is 0.189. The number of hydrogen-bond donors (Lipinski definition) is 2. The molecule has 0 spiro atoms. The van der Waals surface area contributed by atoms with E-state index in [2.05, 4.69) is 4.90 Å². The highest BCUT2D eigenvalue weighted by Crippen LogP contribution is 2.27. The van der Waals surface area contributed by atoms with Gasteiger partial charge in [-0.1, -0.05) is 0 Å². The maximum absolute atomic E-state index is 9.44. The van der Waals surface area contributed by atoms with E-state index in [1.807, 2.05) is 14.0 Å². The molecule has 0 saturated heterocycles. The SMILES string of the molecule is COCCCN(C)C(C)c1cc(O)cc(O)c1. The van der Waals surface area contributed by atoms with Crippen LogP contribution in [0, 0.1) is 0 Å². The van der Waals surface area contributed by atoms with Crippen molar-refractivity contribution >= 4 is 0 Å². The molecular weight excluding hydrogens is 218 g/mol. The Morgan fingerprint density at radius 2 is 1.82 bits per heavy atom. The van der Waals surface area contributed by atoms with Crippen molar-refractivity contribution in [2.45, 2.75) is 19.4 Å². The van der Waals surface area contributed by atoms with Gasteiger partial charge in [-0.25, -0.2) is 0 Å². The number of hydrogen-bond acceptors (Lipinski definition) is 4. The van der Waals surface area contributed by atoms with E-state index in [1.54, 1.807) is 19.2 Å². The highest BCUT2D eigenvalue weighted by atomic mass is 16.5. The Balaban J connectivity index is 2.64. The molecule has 1 rings (SSSR count). The van der Waals surface area contributed by atoms with Crippen LogP contribution in [0.3, 0.4) is 0 Å². The van der Waals surface area contributed by atoms with Crippen LogP contribution in [0.5, 0.6) is 11.5 Å². The van der Waals surface area contributed by atoms with Crippen LogP contribution >= 0.6 is 0 Å². The first-order valence-electron chi connectivity index (χ1n) is 5.76. The van der Waals surface area contributed by atoms with Gasteiger partial charge in [0.1, 0.15) is 11.5 Å². The van der Waals surface area contributed by atoms with Crippen LogP contribution in [0.1, 0.15) is 24.9 Å². The van der Waals surface area contributed by atoms with E-state index in [9.17, 15) is 10.2 Å². The van der Waals surface area contributed by atoms with Crippen molar-refractivity contribution in [3.8, 4) is 11.5 Å². The van der Waals surface area contributed by atoms with Crippen LogP contribution in [0.25, 0.3) is 0 Å². The van der Waals surface area contributed by atoms with E-state index in [-0.39, 0.29) is 17.5 Å². The van der Waals surface area contributed by atoms with E-state index in [0.29, 0.717) is 0 Å². The van der Waals surface area contributed by atoms with Gasteiger partial charge in [-0.15, -0.1) is 0 Å². The van der Waals surface area contributed by atoms with Gasteiger partial charge in [-0.3, -0.25) is 4.90 Å². The lowest BCUT2D eigenvalue weighted by molar-refractivity contribution is 0.168. The van der Waals surface area contributed by atoms with Crippen LogP contribution in [0.4, 0.5) is 0 Å². The Morgan fingerprint density at radius 1 is 1.24 bits per heavy atom. The highest BCUT2D eigenvalue weighted by Gasteiger charge is 2.12. The third-order valence-electron chi connectivity index (χ3n) is 2.93. The van der Waals surface area contributed by atoms with Crippen molar-refractivity contribution in [1.82, 2.24) is 4.90 Å². The van der Waals surface area contributed by atoms with Gasteiger partial charge in [-0.2, -0.15) is 0 Å². The minimum atomic E-state index is 0.0946. The molecule has 96 valence electrons. The number of benzene rings is 1. The second-order valence-corrected chi connectivity index (χ2v) is 4.29. The lowest BCUT2D eigenvalue weighted by Gasteiger charge is -2.25. The van der Waals surface area contributed by atoms with Crippen LogP contribution in [0.15, 0.2) is 18.2 Å². The molecule has 0 heterocycles.